The minimum atomic E-state index is -1.54. The van der Waals surface area contributed by atoms with Crippen molar-refractivity contribution in [1.29, 1.82) is 0 Å². The van der Waals surface area contributed by atoms with Gasteiger partial charge in [-0.3, -0.25) is 4.79 Å². The Hall–Kier alpha value is -2.11. The Morgan fingerprint density at radius 3 is 1.41 bits per heavy atom. The molecule has 6 unspecified atom stereocenters. The van der Waals surface area contributed by atoms with Crippen LogP contribution in [0.4, 0.5) is 0 Å². The third-order valence-corrected chi connectivity index (χ3v) is 12.4. The average molecular weight is 931 g/mol. The summed E-state index contributed by atoms with van der Waals surface area (Å²) in [4.78, 5) is 12.9. The molecule has 0 aliphatic carbocycles. The lowest BCUT2D eigenvalue weighted by Crippen LogP contribution is -2.59. The molecule has 1 aliphatic heterocycles. The highest BCUT2D eigenvalue weighted by atomic mass is 16.7. The number of carbonyl (C=O) groups is 1. The molecule has 0 aromatic carbocycles. The van der Waals surface area contributed by atoms with E-state index in [4.69, 9.17) is 18.9 Å². The first-order valence-corrected chi connectivity index (χ1v) is 27.4. The lowest BCUT2D eigenvalue weighted by Gasteiger charge is -2.39. The van der Waals surface area contributed by atoms with Crippen molar-refractivity contribution in [3.63, 3.8) is 0 Å². The fraction of sp³-hybridized carbons (Fsp3) is 0.807. The molecule has 0 amide bonds. The van der Waals surface area contributed by atoms with Gasteiger partial charge in [-0.2, -0.15) is 0 Å². The van der Waals surface area contributed by atoms with Crippen LogP contribution >= 0.6 is 0 Å². The lowest BCUT2D eigenvalue weighted by atomic mass is 9.99. The van der Waals surface area contributed by atoms with Gasteiger partial charge in [0.05, 0.1) is 19.8 Å². The monoisotopic (exact) mass is 931 g/mol. The normalized spacial score (nSPS) is 19.8. The number of ether oxygens (including phenoxy) is 4. The van der Waals surface area contributed by atoms with Gasteiger partial charge >= 0.3 is 5.97 Å². The van der Waals surface area contributed by atoms with E-state index in [-0.39, 0.29) is 19.2 Å². The van der Waals surface area contributed by atoms with Gasteiger partial charge in [-0.1, -0.05) is 209 Å². The molecule has 384 valence electrons. The molecule has 1 saturated heterocycles. The van der Waals surface area contributed by atoms with Crippen LogP contribution in [0.25, 0.3) is 0 Å². The topological polar surface area (TPSA) is 135 Å². The van der Waals surface area contributed by atoms with Gasteiger partial charge < -0.3 is 39.4 Å². The van der Waals surface area contributed by atoms with E-state index in [1.165, 1.54) is 141 Å². The molecule has 1 heterocycles. The SMILES string of the molecule is CC/C=C\C/C=C\C/C=C\C/C=C\CCCCCCCCC(=O)OC(COCCCCCCCCCCCCCC/C=C\CCCCCCCCCC)COC1OC(CO)C(O)C(O)C1O. The van der Waals surface area contributed by atoms with Crippen LogP contribution in [0, 0.1) is 0 Å². The highest BCUT2D eigenvalue weighted by molar-refractivity contribution is 5.69. The molecular formula is C57H102O9. The average Bonchev–Trinajstić information content (AvgIpc) is 3.32. The fourth-order valence-corrected chi connectivity index (χ4v) is 8.19. The number of hydrogen-bond acceptors (Lipinski definition) is 9. The van der Waals surface area contributed by atoms with Crippen LogP contribution < -0.4 is 0 Å². The standard InChI is InChI=1S/C57H102O9/c1-3-5-7-9-11-13-15-17-19-21-23-24-25-26-27-29-31-33-35-37-39-41-43-45-47-63-49-51(50-64-57-56(62)55(61)54(60)52(48-58)66-57)65-53(59)46-44-42-40-38-36-34-32-30-28-22-20-18-16-14-12-10-8-6-4-2/h6,8,12,14,18,20-21,23,28,30,51-52,54-58,60-62H,3-5,7,9-11,13,15-17,19,22,24-27,29,31-50H2,1-2H3/b8-6-,14-12-,20-18-,23-21-,30-28-. The molecular weight excluding hydrogens is 829 g/mol. The molecule has 6 atom stereocenters. The van der Waals surface area contributed by atoms with Gasteiger partial charge in [-0.25, -0.2) is 0 Å². The summed E-state index contributed by atoms with van der Waals surface area (Å²) < 4.78 is 22.9. The van der Waals surface area contributed by atoms with Crippen molar-refractivity contribution >= 4 is 5.97 Å². The maximum atomic E-state index is 12.9. The van der Waals surface area contributed by atoms with Crippen molar-refractivity contribution in [3.8, 4) is 0 Å². The van der Waals surface area contributed by atoms with Crippen LogP contribution in [0.15, 0.2) is 60.8 Å². The molecule has 0 saturated carbocycles. The number of aliphatic hydroxyl groups is 4. The summed E-state index contributed by atoms with van der Waals surface area (Å²) in [5.74, 6) is -0.326. The Bertz CT molecular complexity index is 1200. The zero-order valence-corrected chi connectivity index (χ0v) is 42.4. The Morgan fingerprint density at radius 2 is 0.924 bits per heavy atom. The van der Waals surface area contributed by atoms with Gasteiger partial charge in [0.25, 0.3) is 0 Å². The molecule has 4 N–H and O–H groups in total. The highest BCUT2D eigenvalue weighted by Gasteiger charge is 2.44. The van der Waals surface area contributed by atoms with Crippen LogP contribution in [-0.2, 0) is 23.7 Å². The Kier molecular flexibility index (Phi) is 45.0. The van der Waals surface area contributed by atoms with Crippen LogP contribution in [0.5, 0.6) is 0 Å². The molecule has 1 rings (SSSR count). The maximum Gasteiger partial charge on any atom is 0.306 e. The van der Waals surface area contributed by atoms with Gasteiger partial charge in [0, 0.05) is 13.0 Å². The van der Waals surface area contributed by atoms with Crippen molar-refractivity contribution in [2.45, 2.75) is 269 Å². The van der Waals surface area contributed by atoms with Crippen LogP contribution in [0.3, 0.4) is 0 Å². The number of allylic oxidation sites excluding steroid dienone is 10. The minimum absolute atomic E-state index is 0.121. The third kappa shape index (κ3) is 37.8. The first kappa shape index (κ1) is 61.9. The van der Waals surface area contributed by atoms with Crippen molar-refractivity contribution in [2.75, 3.05) is 26.4 Å². The predicted octanol–water partition coefficient (Wildman–Crippen LogP) is 13.8. The third-order valence-electron chi connectivity index (χ3n) is 12.4. The maximum absolute atomic E-state index is 12.9. The smallest absolute Gasteiger partial charge is 0.306 e. The van der Waals surface area contributed by atoms with E-state index in [0.29, 0.717) is 13.0 Å². The Labute approximate surface area is 405 Å². The molecule has 9 heteroatoms. The van der Waals surface area contributed by atoms with E-state index in [2.05, 4.69) is 74.6 Å². The van der Waals surface area contributed by atoms with Gasteiger partial charge in [0.2, 0.25) is 0 Å². The number of esters is 1. The van der Waals surface area contributed by atoms with Crippen LogP contribution in [0.1, 0.15) is 232 Å². The molecule has 0 aromatic rings. The number of unbranched alkanes of at least 4 members (excludes halogenated alkanes) is 26. The Balaban J connectivity index is 2.18. The molecule has 0 bridgehead atoms. The summed E-state index contributed by atoms with van der Waals surface area (Å²) in [5, 5.41) is 40.3. The van der Waals surface area contributed by atoms with Crippen LogP contribution in [0.2, 0.25) is 0 Å². The molecule has 0 radical (unpaired) electrons. The van der Waals surface area contributed by atoms with Gasteiger partial charge in [0.15, 0.2) is 6.29 Å². The van der Waals surface area contributed by atoms with Gasteiger partial charge in [-0.15, -0.1) is 0 Å². The van der Waals surface area contributed by atoms with Gasteiger partial charge in [0.1, 0.15) is 30.5 Å². The molecule has 1 fully saturated rings. The quantitative estimate of drug-likeness (QED) is 0.0267. The molecule has 9 nitrogen and oxygen atoms in total. The second kappa shape index (κ2) is 47.9. The molecule has 0 spiro atoms. The van der Waals surface area contributed by atoms with E-state index in [1.807, 2.05) is 0 Å². The number of rotatable bonds is 47. The zero-order valence-electron chi connectivity index (χ0n) is 42.4. The summed E-state index contributed by atoms with van der Waals surface area (Å²) in [5.41, 5.74) is 0. The van der Waals surface area contributed by atoms with E-state index < -0.39 is 43.4 Å². The summed E-state index contributed by atoms with van der Waals surface area (Å²) in [7, 11) is 0. The largest absolute Gasteiger partial charge is 0.457 e. The Morgan fingerprint density at radius 1 is 0.500 bits per heavy atom. The van der Waals surface area contributed by atoms with E-state index in [9.17, 15) is 25.2 Å². The fourth-order valence-electron chi connectivity index (χ4n) is 8.19. The second-order valence-corrected chi connectivity index (χ2v) is 18.6. The second-order valence-electron chi connectivity index (χ2n) is 18.6. The zero-order chi connectivity index (χ0) is 47.8. The van der Waals surface area contributed by atoms with Crippen molar-refractivity contribution < 1.29 is 44.2 Å². The van der Waals surface area contributed by atoms with E-state index in [0.717, 1.165) is 70.6 Å². The first-order valence-electron chi connectivity index (χ1n) is 27.4. The number of hydrogen-bond donors (Lipinski definition) is 4. The highest BCUT2D eigenvalue weighted by Crippen LogP contribution is 2.23. The summed E-state index contributed by atoms with van der Waals surface area (Å²) >= 11 is 0. The van der Waals surface area contributed by atoms with E-state index >= 15 is 0 Å². The number of carbonyl (C=O) groups excluding carboxylic acids is 1. The van der Waals surface area contributed by atoms with Crippen LogP contribution in [-0.4, -0.2) is 89.6 Å². The minimum Gasteiger partial charge on any atom is -0.457 e. The van der Waals surface area contributed by atoms with E-state index in [1.54, 1.807) is 0 Å². The van der Waals surface area contributed by atoms with Crippen molar-refractivity contribution in [3.05, 3.63) is 60.8 Å². The summed E-state index contributed by atoms with van der Waals surface area (Å²) in [6.45, 7) is 4.45. The van der Waals surface area contributed by atoms with Crippen molar-refractivity contribution in [2.24, 2.45) is 0 Å². The lowest BCUT2D eigenvalue weighted by molar-refractivity contribution is -0.305. The predicted molar refractivity (Wildman–Crippen MR) is 274 cm³/mol. The first-order chi connectivity index (χ1) is 32.4. The van der Waals surface area contributed by atoms with Crippen molar-refractivity contribution in [1.82, 2.24) is 0 Å². The molecule has 0 aromatic heterocycles. The molecule has 1 aliphatic rings. The number of aliphatic hydroxyl groups excluding tert-OH is 4. The van der Waals surface area contributed by atoms with Gasteiger partial charge in [-0.05, 0) is 77.0 Å². The summed E-state index contributed by atoms with van der Waals surface area (Å²) in [6, 6.07) is 0. The summed E-state index contributed by atoms with van der Waals surface area (Å²) in [6.07, 6.45) is 55.5. The molecule has 66 heavy (non-hydrogen) atoms.